The molecule has 186 valence electrons. The Hall–Kier alpha value is -3.45. The summed E-state index contributed by atoms with van der Waals surface area (Å²) in [6.45, 7) is 0. The van der Waals surface area contributed by atoms with Gasteiger partial charge in [-0.3, -0.25) is 0 Å². The summed E-state index contributed by atoms with van der Waals surface area (Å²) in [5.41, 5.74) is 14.1. The molecule has 1 fully saturated rings. The first-order valence-electron chi connectivity index (χ1n) is 12.2. The number of halogens is 4. The van der Waals surface area contributed by atoms with Gasteiger partial charge >= 0.3 is 7.25 Å². The zero-order valence-electron chi connectivity index (χ0n) is 19.9. The maximum absolute atomic E-state index is 9.75. The fourth-order valence-corrected chi connectivity index (χ4v) is 4.88. The first kappa shape index (κ1) is 25.6. The van der Waals surface area contributed by atoms with E-state index < -0.39 is 7.25 Å². The molecule has 5 rings (SSSR count). The van der Waals surface area contributed by atoms with Crippen LogP contribution in [0.25, 0.3) is 33.6 Å². The van der Waals surface area contributed by atoms with Crippen molar-refractivity contribution in [3.05, 3.63) is 103 Å². The highest BCUT2D eigenvalue weighted by Crippen LogP contribution is 2.33. The molecule has 2 atom stereocenters. The summed E-state index contributed by atoms with van der Waals surface area (Å²) in [4.78, 5) is 0. The highest BCUT2D eigenvalue weighted by molar-refractivity contribution is 6.50. The van der Waals surface area contributed by atoms with E-state index in [1.807, 2.05) is 0 Å². The predicted molar refractivity (Wildman–Crippen MR) is 139 cm³/mol. The molecule has 1 saturated carbocycles. The number of benzene rings is 3. The van der Waals surface area contributed by atoms with Crippen molar-refractivity contribution in [2.75, 3.05) is 0 Å². The van der Waals surface area contributed by atoms with Crippen LogP contribution in [0.4, 0.5) is 17.3 Å². The van der Waals surface area contributed by atoms with Crippen molar-refractivity contribution in [1.82, 2.24) is 0 Å². The lowest BCUT2D eigenvalue weighted by Gasteiger charge is -2.27. The number of hydrogen-bond donors (Lipinski definition) is 1. The van der Waals surface area contributed by atoms with Gasteiger partial charge in [0.1, 0.15) is 0 Å². The molecule has 2 unspecified atom stereocenters. The normalized spacial score (nSPS) is 17.7. The molecule has 2 nitrogen and oxygen atoms in total. The molecule has 0 radical (unpaired) electrons. The van der Waals surface area contributed by atoms with Crippen molar-refractivity contribution in [2.24, 2.45) is 5.73 Å². The van der Waals surface area contributed by atoms with Crippen molar-refractivity contribution in [3.8, 4) is 33.6 Å². The first-order chi connectivity index (χ1) is 17.3. The number of hydrogen-bond acceptors (Lipinski definition) is 1. The van der Waals surface area contributed by atoms with Gasteiger partial charge in [-0.25, -0.2) is 0 Å². The average molecular weight is 492 g/mol. The molecule has 2 N–H and O–H groups in total. The highest BCUT2D eigenvalue weighted by Gasteiger charge is 2.35. The van der Waals surface area contributed by atoms with Gasteiger partial charge in [-0.1, -0.05) is 73.2 Å². The van der Waals surface area contributed by atoms with Gasteiger partial charge in [-0.15, -0.1) is 0 Å². The fourth-order valence-electron chi connectivity index (χ4n) is 4.88. The Morgan fingerprint density at radius 2 is 0.972 bits per heavy atom. The minimum atomic E-state index is -6.00. The largest absolute Gasteiger partial charge is 0.673 e. The van der Waals surface area contributed by atoms with E-state index in [1.165, 1.54) is 46.5 Å². The van der Waals surface area contributed by atoms with Crippen LogP contribution in [0.15, 0.2) is 103 Å². The van der Waals surface area contributed by atoms with Crippen molar-refractivity contribution in [3.63, 3.8) is 0 Å². The van der Waals surface area contributed by atoms with Crippen molar-refractivity contribution < 1.29 is 21.8 Å². The van der Waals surface area contributed by atoms with Gasteiger partial charge in [0.2, 0.25) is 11.4 Å². The number of pyridine rings is 1. The van der Waals surface area contributed by atoms with E-state index in [4.69, 9.17) is 5.73 Å². The lowest BCUT2D eigenvalue weighted by atomic mass is 9.88. The standard InChI is InChI=1S/C29H29N2.BF4/c30-26-18-10-11-19-27(26)31-28(23-14-6-2-7-15-23)20-25(22-12-4-1-5-13-22)21-29(31)24-16-8-3-9-17-24;2-1(3,4)5/h1-9,12-17,20-21,26-27H,10-11,18-19,30H2;/q+1;-1. The van der Waals surface area contributed by atoms with Crippen LogP contribution in [0.2, 0.25) is 0 Å². The summed E-state index contributed by atoms with van der Waals surface area (Å²) in [6.07, 6.45) is 4.66. The van der Waals surface area contributed by atoms with Gasteiger partial charge < -0.3 is 23.0 Å². The minimum absolute atomic E-state index is 0.172. The topological polar surface area (TPSA) is 29.9 Å². The summed E-state index contributed by atoms with van der Waals surface area (Å²) in [7, 11) is -6.00. The van der Waals surface area contributed by atoms with Crippen LogP contribution in [0.1, 0.15) is 31.7 Å². The number of rotatable bonds is 4. The van der Waals surface area contributed by atoms with Crippen molar-refractivity contribution in [2.45, 2.75) is 37.8 Å². The summed E-state index contributed by atoms with van der Waals surface area (Å²) in [6, 6.07) is 37.3. The molecule has 0 bridgehead atoms. The number of nitrogens with zero attached hydrogens (tertiary/aromatic N) is 1. The second-order valence-corrected chi connectivity index (χ2v) is 8.99. The van der Waals surface area contributed by atoms with Gasteiger partial charge in [0.15, 0.2) is 6.04 Å². The SMILES string of the molecule is F[B-](F)(F)F.NC1CCCCC1[n+]1c(-c2ccccc2)cc(-c2ccccc2)cc1-c1ccccc1. The minimum Gasteiger partial charge on any atom is -0.418 e. The third kappa shape index (κ3) is 6.61. The van der Waals surface area contributed by atoms with Gasteiger partial charge in [0.05, 0.1) is 6.04 Å². The van der Waals surface area contributed by atoms with Crippen LogP contribution >= 0.6 is 0 Å². The molecule has 1 aliphatic carbocycles. The molecule has 0 aliphatic heterocycles. The molecule has 1 aliphatic rings. The second-order valence-electron chi connectivity index (χ2n) is 8.99. The van der Waals surface area contributed by atoms with E-state index in [0.717, 1.165) is 12.8 Å². The molecule has 4 aromatic rings. The highest BCUT2D eigenvalue weighted by atomic mass is 19.5. The first-order valence-corrected chi connectivity index (χ1v) is 12.2. The maximum atomic E-state index is 9.75. The zero-order chi connectivity index (χ0) is 25.5. The fraction of sp³-hybridized carbons (Fsp3) is 0.207. The molecule has 36 heavy (non-hydrogen) atoms. The number of nitrogens with two attached hydrogens (primary N) is 1. The van der Waals surface area contributed by atoms with E-state index in [0.29, 0.717) is 6.04 Å². The summed E-state index contributed by atoms with van der Waals surface area (Å²) < 4.78 is 41.5. The van der Waals surface area contributed by atoms with E-state index in [1.54, 1.807) is 0 Å². The van der Waals surface area contributed by atoms with Gasteiger partial charge in [0, 0.05) is 29.7 Å². The summed E-state index contributed by atoms with van der Waals surface area (Å²) in [5.74, 6) is 0. The third-order valence-corrected chi connectivity index (χ3v) is 6.46. The van der Waals surface area contributed by atoms with Crippen LogP contribution in [0.3, 0.4) is 0 Å². The lowest BCUT2D eigenvalue weighted by Crippen LogP contribution is -2.53. The van der Waals surface area contributed by atoms with Crippen molar-refractivity contribution in [1.29, 1.82) is 0 Å². The van der Waals surface area contributed by atoms with Crippen LogP contribution in [0.5, 0.6) is 0 Å². The zero-order valence-corrected chi connectivity index (χ0v) is 19.9. The van der Waals surface area contributed by atoms with Crippen LogP contribution in [-0.4, -0.2) is 13.3 Å². The monoisotopic (exact) mass is 492 g/mol. The Kier molecular flexibility index (Phi) is 8.21. The van der Waals surface area contributed by atoms with E-state index in [-0.39, 0.29) is 6.04 Å². The molecule has 7 heteroatoms. The maximum Gasteiger partial charge on any atom is 0.673 e. The molecular weight excluding hydrogens is 463 g/mol. The second kappa shape index (κ2) is 11.5. The quantitative estimate of drug-likeness (QED) is 0.177. The average Bonchev–Trinajstić information content (AvgIpc) is 2.89. The molecule has 0 spiro atoms. The Bertz CT molecular complexity index is 1180. The van der Waals surface area contributed by atoms with E-state index in [2.05, 4.69) is 108 Å². The van der Waals surface area contributed by atoms with E-state index >= 15 is 0 Å². The molecular formula is C29H29BF4N2. The van der Waals surface area contributed by atoms with Gasteiger partial charge in [0.25, 0.3) is 0 Å². The van der Waals surface area contributed by atoms with E-state index in [9.17, 15) is 17.3 Å². The third-order valence-electron chi connectivity index (χ3n) is 6.46. The molecule has 1 heterocycles. The van der Waals surface area contributed by atoms with Crippen LogP contribution in [-0.2, 0) is 0 Å². The van der Waals surface area contributed by atoms with Gasteiger partial charge in [-0.2, -0.15) is 4.57 Å². The molecule has 0 amide bonds. The molecule has 0 saturated heterocycles. The Morgan fingerprint density at radius 3 is 1.39 bits per heavy atom. The summed E-state index contributed by atoms with van der Waals surface area (Å²) >= 11 is 0. The van der Waals surface area contributed by atoms with Crippen LogP contribution in [0, 0.1) is 0 Å². The molecule has 1 aromatic heterocycles. The Balaban J connectivity index is 0.000000556. The summed E-state index contributed by atoms with van der Waals surface area (Å²) in [5, 5.41) is 0. The Labute approximate surface area is 209 Å². The number of aromatic nitrogens is 1. The lowest BCUT2D eigenvalue weighted by molar-refractivity contribution is -0.706. The predicted octanol–water partition coefficient (Wildman–Crippen LogP) is 7.72. The Morgan fingerprint density at radius 1 is 0.583 bits per heavy atom. The van der Waals surface area contributed by atoms with Crippen LogP contribution < -0.4 is 10.3 Å². The smallest absolute Gasteiger partial charge is 0.418 e. The van der Waals surface area contributed by atoms with Crippen molar-refractivity contribution >= 4 is 7.25 Å². The van der Waals surface area contributed by atoms with Gasteiger partial charge in [-0.05, 0) is 48.2 Å². The molecule has 3 aromatic carbocycles.